The molecule has 20 heavy (non-hydrogen) atoms. The predicted octanol–water partition coefficient (Wildman–Crippen LogP) is 3.28. The zero-order valence-electron chi connectivity index (χ0n) is 12.2. The number of hydrogen-bond acceptors (Lipinski definition) is 3. The van der Waals surface area contributed by atoms with E-state index in [1.807, 2.05) is 26.8 Å². The van der Waals surface area contributed by atoms with Crippen LogP contribution in [0.2, 0.25) is 5.02 Å². The average Bonchev–Trinajstić information content (AvgIpc) is 2.40. The van der Waals surface area contributed by atoms with Gasteiger partial charge in [0.1, 0.15) is 5.75 Å². The third-order valence-corrected chi connectivity index (χ3v) is 3.37. The second-order valence-electron chi connectivity index (χ2n) is 5.24. The second kappa shape index (κ2) is 6.62. The molecule has 0 aliphatic carbocycles. The molecular formula is C15H19ClN2O2. The third-order valence-electron chi connectivity index (χ3n) is 3.08. The lowest BCUT2D eigenvalue weighted by Crippen LogP contribution is -2.48. The van der Waals surface area contributed by atoms with Crippen LogP contribution in [0, 0.1) is 11.3 Å². The van der Waals surface area contributed by atoms with Crippen LogP contribution in [0.15, 0.2) is 18.2 Å². The fourth-order valence-corrected chi connectivity index (χ4v) is 1.66. The van der Waals surface area contributed by atoms with Gasteiger partial charge in [0.15, 0.2) is 6.10 Å². The Morgan fingerprint density at radius 2 is 2.20 bits per heavy atom. The van der Waals surface area contributed by atoms with E-state index in [9.17, 15) is 4.79 Å². The number of hydrogen-bond donors (Lipinski definition) is 1. The second-order valence-corrected chi connectivity index (χ2v) is 5.65. The van der Waals surface area contributed by atoms with E-state index < -0.39 is 6.10 Å². The van der Waals surface area contributed by atoms with Crippen LogP contribution in [0.1, 0.15) is 39.7 Å². The molecule has 0 spiro atoms. The van der Waals surface area contributed by atoms with Crippen LogP contribution in [0.3, 0.4) is 0 Å². The molecule has 0 saturated carbocycles. The molecule has 0 radical (unpaired) electrons. The lowest BCUT2D eigenvalue weighted by Gasteiger charge is -2.26. The van der Waals surface area contributed by atoms with Crippen LogP contribution in [0.25, 0.3) is 0 Å². The Kier molecular flexibility index (Phi) is 5.41. The van der Waals surface area contributed by atoms with Crippen molar-refractivity contribution in [3.8, 4) is 11.8 Å². The van der Waals surface area contributed by atoms with E-state index in [4.69, 9.17) is 21.6 Å². The highest BCUT2D eigenvalue weighted by Gasteiger charge is 2.23. The summed E-state index contributed by atoms with van der Waals surface area (Å²) in [5, 5.41) is 12.0. The van der Waals surface area contributed by atoms with Gasteiger partial charge in [-0.15, -0.1) is 0 Å². The third kappa shape index (κ3) is 4.43. The maximum Gasteiger partial charge on any atom is 0.261 e. The monoisotopic (exact) mass is 294 g/mol. The molecule has 108 valence electrons. The maximum atomic E-state index is 12.0. The van der Waals surface area contributed by atoms with Crippen molar-refractivity contribution in [2.75, 3.05) is 0 Å². The van der Waals surface area contributed by atoms with Crippen LogP contribution in [-0.2, 0) is 4.79 Å². The van der Waals surface area contributed by atoms with E-state index >= 15 is 0 Å². The Bertz CT molecular complexity index is 535. The van der Waals surface area contributed by atoms with Gasteiger partial charge in [-0.25, -0.2) is 0 Å². The number of carbonyl (C=O) groups is 1. The molecular weight excluding hydrogens is 276 g/mol. The summed E-state index contributed by atoms with van der Waals surface area (Å²) in [6.45, 7) is 7.57. The minimum atomic E-state index is -0.661. The largest absolute Gasteiger partial charge is 0.479 e. The molecule has 4 nitrogen and oxygen atoms in total. The van der Waals surface area contributed by atoms with Crippen molar-refractivity contribution in [2.24, 2.45) is 0 Å². The summed E-state index contributed by atoms with van der Waals surface area (Å²) in [6.07, 6.45) is 0.162. The minimum absolute atomic E-state index is 0.197. The molecule has 1 aromatic carbocycles. The van der Waals surface area contributed by atoms with E-state index in [1.54, 1.807) is 19.1 Å². The van der Waals surface area contributed by atoms with Crippen molar-refractivity contribution in [3.05, 3.63) is 28.8 Å². The first-order valence-electron chi connectivity index (χ1n) is 6.47. The standard InChI is InChI=1S/C15H19ClN2O2/c1-5-15(3,4)18-14(19)10(2)20-13-7-6-11(9-17)8-12(13)16/h6-8,10H,5H2,1-4H3,(H,18,19). The summed E-state index contributed by atoms with van der Waals surface area (Å²) in [7, 11) is 0. The lowest BCUT2D eigenvalue weighted by atomic mass is 10.0. The number of benzene rings is 1. The van der Waals surface area contributed by atoms with Gasteiger partial charge in [-0.3, -0.25) is 4.79 Å². The number of nitriles is 1. The number of amides is 1. The molecule has 0 aromatic heterocycles. The molecule has 0 heterocycles. The normalized spacial score (nSPS) is 12.4. The van der Waals surface area contributed by atoms with Crippen LogP contribution < -0.4 is 10.1 Å². The first-order chi connectivity index (χ1) is 9.29. The number of nitrogens with one attached hydrogen (secondary N) is 1. The van der Waals surface area contributed by atoms with Gasteiger partial charge >= 0.3 is 0 Å². The summed E-state index contributed by atoms with van der Waals surface area (Å²) in [4.78, 5) is 12.0. The topological polar surface area (TPSA) is 62.1 Å². The first kappa shape index (κ1) is 16.3. The molecule has 1 amide bonds. The predicted molar refractivity (Wildman–Crippen MR) is 78.8 cm³/mol. The van der Waals surface area contributed by atoms with Crippen LogP contribution in [-0.4, -0.2) is 17.6 Å². The van der Waals surface area contributed by atoms with Gasteiger partial charge in [0.05, 0.1) is 16.7 Å². The number of carbonyl (C=O) groups excluding carboxylic acids is 1. The fourth-order valence-electron chi connectivity index (χ4n) is 1.43. The molecule has 0 fully saturated rings. The van der Waals surface area contributed by atoms with Gasteiger partial charge in [0, 0.05) is 5.54 Å². The van der Waals surface area contributed by atoms with Gasteiger partial charge in [0.25, 0.3) is 5.91 Å². The molecule has 5 heteroatoms. The molecule has 1 N–H and O–H groups in total. The Hall–Kier alpha value is -1.73. The highest BCUT2D eigenvalue weighted by Crippen LogP contribution is 2.26. The number of ether oxygens (including phenoxy) is 1. The molecule has 0 bridgehead atoms. The van der Waals surface area contributed by atoms with Crippen LogP contribution in [0.4, 0.5) is 0 Å². The molecule has 0 aliphatic rings. The molecule has 0 aliphatic heterocycles. The fraction of sp³-hybridized carbons (Fsp3) is 0.467. The van der Waals surface area contributed by atoms with Crippen LogP contribution >= 0.6 is 11.6 Å². The van der Waals surface area contributed by atoms with E-state index in [-0.39, 0.29) is 11.4 Å². The minimum Gasteiger partial charge on any atom is -0.479 e. The van der Waals surface area contributed by atoms with Gasteiger partial charge in [-0.1, -0.05) is 18.5 Å². The SMILES string of the molecule is CCC(C)(C)NC(=O)C(C)Oc1ccc(C#N)cc1Cl. The lowest BCUT2D eigenvalue weighted by molar-refractivity contribution is -0.128. The van der Waals surface area contributed by atoms with Crippen molar-refractivity contribution in [1.29, 1.82) is 5.26 Å². The molecule has 0 saturated heterocycles. The summed E-state index contributed by atoms with van der Waals surface area (Å²) in [5.41, 5.74) is 0.176. The summed E-state index contributed by atoms with van der Waals surface area (Å²) < 4.78 is 5.54. The number of halogens is 1. The zero-order chi connectivity index (χ0) is 15.3. The Morgan fingerprint density at radius 3 is 2.70 bits per heavy atom. The van der Waals surface area contributed by atoms with E-state index in [2.05, 4.69) is 5.32 Å². The highest BCUT2D eigenvalue weighted by molar-refractivity contribution is 6.32. The summed E-state index contributed by atoms with van der Waals surface area (Å²) >= 11 is 6.01. The van der Waals surface area contributed by atoms with Gasteiger partial charge in [0.2, 0.25) is 0 Å². The van der Waals surface area contributed by atoms with Crippen molar-refractivity contribution in [1.82, 2.24) is 5.32 Å². The zero-order valence-corrected chi connectivity index (χ0v) is 12.9. The molecule has 1 atom stereocenters. The molecule has 1 rings (SSSR count). The average molecular weight is 295 g/mol. The van der Waals surface area contributed by atoms with Crippen LogP contribution in [0.5, 0.6) is 5.75 Å². The van der Waals surface area contributed by atoms with Crippen molar-refractivity contribution in [2.45, 2.75) is 45.8 Å². The Morgan fingerprint density at radius 1 is 1.55 bits per heavy atom. The van der Waals surface area contributed by atoms with Crippen molar-refractivity contribution >= 4 is 17.5 Å². The number of nitrogens with zero attached hydrogens (tertiary/aromatic N) is 1. The first-order valence-corrected chi connectivity index (χ1v) is 6.85. The van der Waals surface area contributed by atoms with Crippen molar-refractivity contribution in [3.63, 3.8) is 0 Å². The van der Waals surface area contributed by atoms with Gasteiger partial charge in [-0.05, 0) is 45.4 Å². The highest BCUT2D eigenvalue weighted by atomic mass is 35.5. The number of rotatable bonds is 5. The summed E-state index contributed by atoms with van der Waals surface area (Å²) in [5.74, 6) is 0.194. The van der Waals surface area contributed by atoms with Gasteiger partial charge in [-0.2, -0.15) is 5.26 Å². The van der Waals surface area contributed by atoms with E-state index in [0.717, 1.165) is 6.42 Å². The molecule has 1 unspecified atom stereocenters. The smallest absolute Gasteiger partial charge is 0.261 e. The Labute approximate surface area is 124 Å². The summed E-state index contributed by atoms with van der Waals surface area (Å²) in [6, 6.07) is 6.69. The van der Waals surface area contributed by atoms with Gasteiger partial charge < -0.3 is 10.1 Å². The van der Waals surface area contributed by atoms with E-state index in [0.29, 0.717) is 16.3 Å². The van der Waals surface area contributed by atoms with Crippen molar-refractivity contribution < 1.29 is 9.53 Å². The Balaban J connectivity index is 2.74. The molecule has 1 aromatic rings. The quantitative estimate of drug-likeness (QED) is 0.906. The van der Waals surface area contributed by atoms with E-state index in [1.165, 1.54) is 6.07 Å². The maximum absolute atomic E-state index is 12.0.